The van der Waals surface area contributed by atoms with E-state index in [4.69, 9.17) is 80.5 Å². The van der Waals surface area contributed by atoms with Crippen LogP contribution in [0.1, 0.15) is 190 Å². The second-order valence-corrected chi connectivity index (χ2v) is 40.1. The average molecular weight is 1970 g/mol. The molecule has 32 nitrogen and oxygen atoms in total. The first-order chi connectivity index (χ1) is 68.3. The number of carbonyl (C=O) groups is 6. The predicted octanol–water partition coefficient (Wildman–Crippen LogP) is 12.8. The minimum Gasteiger partial charge on any atom is -0.382 e. The molecule has 3 heterocycles. The van der Waals surface area contributed by atoms with Gasteiger partial charge in [-0.05, 0) is 205 Å². The maximum Gasteiger partial charge on any atom is 0.321 e. The van der Waals surface area contributed by atoms with Gasteiger partial charge < -0.3 is 115 Å². The maximum absolute atomic E-state index is 13.8. The first-order valence-electron chi connectivity index (χ1n) is 52.8. The topological polar surface area (TPSA) is 297 Å². The van der Waals surface area contributed by atoms with Crippen molar-refractivity contribution >= 4 is 35.4 Å². The summed E-state index contributed by atoms with van der Waals surface area (Å²) in [5.41, 5.74) is 3.33. The van der Waals surface area contributed by atoms with Gasteiger partial charge in [0.05, 0.1) is 221 Å². The average Bonchev–Trinajstić information content (AvgIpc) is 1.55. The van der Waals surface area contributed by atoms with E-state index in [1.807, 2.05) is 14.7 Å². The van der Waals surface area contributed by atoms with Gasteiger partial charge in [-0.3, -0.25) is 24.2 Å². The van der Waals surface area contributed by atoms with Crippen molar-refractivity contribution in [3.63, 3.8) is 0 Å². The molecule has 0 aromatic heterocycles. The SMILES string of the molecule is CNC1(c2ccccc2)CCC2(CC1)CN(CC(=O)CCCOCCOCCOCCOCCOCCOCCOC)C(=O)N2CC1CCC1.COCCOCCOCCCC(=O)CN1CC2(CCC(c3ccccc3)(N(C)C)CC2)N(CC2CCC2)C1=O.COCCOCCOCCOCCOCCOCCOCCCC(=O)CN1CC2(CCC(c3ccccc3)(N(C)C)CC2)N(CC2CCC2)C1=O. The highest BCUT2D eigenvalue weighted by atomic mass is 16.6. The van der Waals surface area contributed by atoms with Gasteiger partial charge in [-0.15, -0.1) is 0 Å². The Balaban J connectivity index is 0.000000218. The summed E-state index contributed by atoms with van der Waals surface area (Å²) in [6.45, 7) is 21.1. The highest BCUT2D eigenvalue weighted by Crippen LogP contribution is 2.53. The molecule has 32 heteroatoms. The Hall–Kier alpha value is -6.32. The molecule has 0 radical (unpaired) electrons. The summed E-state index contributed by atoms with van der Waals surface area (Å²) in [5.74, 6) is 2.09. The van der Waals surface area contributed by atoms with E-state index >= 15 is 0 Å². The number of nitrogens with zero attached hydrogens (tertiary/aromatic N) is 8. The van der Waals surface area contributed by atoms with Crippen molar-refractivity contribution in [3.05, 3.63) is 108 Å². The van der Waals surface area contributed by atoms with Crippen LogP contribution in [0.2, 0.25) is 0 Å². The fraction of sp³-hybridized carbons (Fsp3) is 0.778. The van der Waals surface area contributed by atoms with Gasteiger partial charge in [-0.1, -0.05) is 110 Å². The molecule has 3 aromatic rings. The van der Waals surface area contributed by atoms with Gasteiger partial charge in [0.15, 0.2) is 17.3 Å². The van der Waals surface area contributed by atoms with E-state index in [1.165, 1.54) is 74.5 Å². The molecule has 140 heavy (non-hydrogen) atoms. The number of methoxy groups -OCH3 is 3. The van der Waals surface area contributed by atoms with Crippen LogP contribution < -0.4 is 5.32 Å². The highest BCUT2D eigenvalue weighted by Gasteiger charge is 2.59. The van der Waals surface area contributed by atoms with E-state index in [-0.39, 0.29) is 88.3 Å². The molecule has 792 valence electrons. The molecule has 1 N–H and O–H groups in total. The normalized spacial score (nSPS) is 23.3. The van der Waals surface area contributed by atoms with Gasteiger partial charge in [0, 0.05) is 116 Å². The van der Waals surface area contributed by atoms with E-state index in [0.29, 0.717) is 281 Å². The molecule has 0 atom stereocenters. The van der Waals surface area contributed by atoms with Crippen LogP contribution >= 0.6 is 0 Å². The van der Waals surface area contributed by atoms with Gasteiger partial charge in [0.25, 0.3) is 0 Å². The first-order valence-corrected chi connectivity index (χ1v) is 52.8. The van der Waals surface area contributed by atoms with Gasteiger partial charge in [0.2, 0.25) is 0 Å². The van der Waals surface area contributed by atoms with Crippen LogP contribution in [0.15, 0.2) is 91.0 Å². The number of benzene rings is 3. The van der Waals surface area contributed by atoms with Crippen LogP contribution in [0, 0.1) is 17.8 Å². The number of ketones is 3. The molecule has 6 aliphatic carbocycles. The molecule has 9 fully saturated rings. The van der Waals surface area contributed by atoms with Crippen molar-refractivity contribution in [2.45, 2.75) is 207 Å². The molecule has 12 rings (SSSR count). The molecule has 3 spiro atoms. The third-order valence-electron chi connectivity index (χ3n) is 30.6. The number of hydrogen-bond acceptors (Lipinski definition) is 26. The first kappa shape index (κ1) is 116. The lowest BCUT2D eigenvalue weighted by Gasteiger charge is -2.51. The van der Waals surface area contributed by atoms with Crippen molar-refractivity contribution < 1.29 is 109 Å². The molecule has 9 aliphatic rings. The Labute approximate surface area is 837 Å². The summed E-state index contributed by atoms with van der Waals surface area (Å²) >= 11 is 0. The number of hydrogen-bond donors (Lipinski definition) is 1. The third kappa shape index (κ3) is 36.4. The van der Waals surface area contributed by atoms with Crippen molar-refractivity contribution in [2.75, 3.05) is 320 Å². The van der Waals surface area contributed by atoms with Crippen molar-refractivity contribution in [1.29, 1.82) is 0 Å². The second-order valence-electron chi connectivity index (χ2n) is 40.1. The van der Waals surface area contributed by atoms with E-state index in [1.54, 1.807) is 21.3 Å². The zero-order valence-corrected chi connectivity index (χ0v) is 86.7. The smallest absolute Gasteiger partial charge is 0.321 e. The molecular formula is C108H177N9O23. The van der Waals surface area contributed by atoms with Crippen LogP contribution in [0.4, 0.5) is 14.4 Å². The fourth-order valence-corrected chi connectivity index (χ4v) is 21.4. The number of amides is 6. The lowest BCUT2D eigenvalue weighted by Crippen LogP contribution is -2.56. The number of ether oxygens (including phenoxy) is 17. The molecule has 0 bridgehead atoms. The van der Waals surface area contributed by atoms with Crippen LogP contribution in [0.5, 0.6) is 0 Å². The number of urea groups is 3. The predicted molar refractivity (Wildman–Crippen MR) is 537 cm³/mol. The zero-order valence-electron chi connectivity index (χ0n) is 86.7. The van der Waals surface area contributed by atoms with Gasteiger partial charge in [-0.25, -0.2) is 14.4 Å². The lowest BCUT2D eigenvalue weighted by molar-refractivity contribution is -0.120. The maximum atomic E-state index is 13.8. The standard InChI is InChI=1S/C39H65N3O9.C38H63N3O9.C31H49N3O5/c1-40(2)39(35-11-5-4-6-12-35)16-14-38(15-17-39)33-41(37(44)42(38)31-34-9-7-10-34)32-36(43)13-8-18-46-21-22-48-25-26-50-29-30-51-28-27-49-24-23-47-20-19-45-3;1-39-38(34-10-4-3-5-11-34)15-13-37(14-16-38)32-40(36(43)41(37)30-33-8-6-9-33)31-35(42)12-7-17-45-20-21-47-24-25-49-28-29-50-27-26-48-23-22-46-19-18-44-2;1-32(2)31(27-11-5-4-6-12-27)16-14-30(15-17-31)25-33(29(36)34(30)23-26-9-7-10-26)24-28(35)13-8-18-38-21-22-39-20-19-37-3/h4-6,11-12,34H,7-10,13-33H2,1-3H3;3-5,10-11,33,39H,6-9,12-32H2,1-2H3;4-6,11-12,26H,7-10,13-25H2,1-3H3. The second kappa shape index (κ2) is 63.9. The largest absolute Gasteiger partial charge is 0.382 e. The molecule has 3 aromatic carbocycles. The summed E-state index contributed by atoms with van der Waals surface area (Å²) in [7, 11) is 15.7. The van der Waals surface area contributed by atoms with Gasteiger partial charge in [0.1, 0.15) is 0 Å². The Morgan fingerprint density at radius 2 is 0.514 bits per heavy atom. The highest BCUT2D eigenvalue weighted by molar-refractivity contribution is 5.89. The number of rotatable bonds is 72. The van der Waals surface area contributed by atoms with E-state index in [2.05, 4.69) is 156 Å². The van der Waals surface area contributed by atoms with E-state index in [0.717, 1.165) is 96.7 Å². The van der Waals surface area contributed by atoms with E-state index in [9.17, 15) is 28.8 Å². The van der Waals surface area contributed by atoms with Crippen molar-refractivity contribution in [3.8, 4) is 0 Å². The van der Waals surface area contributed by atoms with Crippen LogP contribution in [-0.4, -0.2) is 412 Å². The summed E-state index contributed by atoms with van der Waals surface area (Å²) in [4.78, 5) is 97.1. The number of carbonyl (C=O) groups excluding carboxylic acids is 6. The minimum atomic E-state index is -0.195. The summed E-state index contributed by atoms with van der Waals surface area (Å²) < 4.78 is 91.7. The minimum absolute atomic E-state index is 0.0181. The zero-order chi connectivity index (χ0) is 99.3. The Bertz CT molecular complexity index is 3890. The molecular weight excluding hydrogens is 1790 g/mol. The number of nitrogens with one attached hydrogen (secondary N) is 1. The number of Topliss-reactive ketones (excluding diaryl/α,β-unsaturated/α-hetero) is 3. The van der Waals surface area contributed by atoms with Crippen LogP contribution in [0.3, 0.4) is 0 Å². The van der Waals surface area contributed by atoms with Crippen molar-refractivity contribution in [1.82, 2.24) is 44.5 Å². The third-order valence-corrected chi connectivity index (χ3v) is 30.6. The summed E-state index contributed by atoms with van der Waals surface area (Å²) in [5, 5.41) is 3.63. The van der Waals surface area contributed by atoms with Crippen molar-refractivity contribution in [2.24, 2.45) is 17.8 Å². The molecule has 3 aliphatic heterocycles. The van der Waals surface area contributed by atoms with Crippen LogP contribution in [0.25, 0.3) is 0 Å². The molecule has 3 saturated heterocycles. The monoisotopic (exact) mass is 1970 g/mol. The molecule has 0 unspecified atom stereocenters. The lowest BCUT2D eigenvalue weighted by atomic mass is 9.68. The van der Waals surface area contributed by atoms with E-state index < -0.39 is 0 Å². The quantitative estimate of drug-likeness (QED) is 0.0513. The fourth-order valence-electron chi connectivity index (χ4n) is 21.4. The molecule has 6 amide bonds. The summed E-state index contributed by atoms with van der Waals surface area (Å²) in [6.07, 6.45) is 25.8. The van der Waals surface area contributed by atoms with Gasteiger partial charge >= 0.3 is 18.1 Å². The molecule has 6 saturated carbocycles. The Kier molecular flexibility index (Phi) is 52.8. The summed E-state index contributed by atoms with van der Waals surface area (Å²) in [6, 6.07) is 32.5. The van der Waals surface area contributed by atoms with Gasteiger partial charge in [-0.2, -0.15) is 0 Å². The Morgan fingerprint density at radius 3 is 0.721 bits per heavy atom. The van der Waals surface area contributed by atoms with Crippen LogP contribution in [-0.2, 0) is 112 Å². The Morgan fingerprint density at radius 1 is 0.300 bits per heavy atom.